The van der Waals surface area contributed by atoms with Gasteiger partial charge in [-0.3, -0.25) is 10.1 Å². The molecule has 0 saturated carbocycles. The fourth-order valence-electron chi connectivity index (χ4n) is 3.74. The van der Waals surface area contributed by atoms with E-state index in [9.17, 15) is 4.79 Å². The molecule has 1 N–H and O–H groups in total. The second kappa shape index (κ2) is 9.73. The van der Waals surface area contributed by atoms with Crippen molar-refractivity contribution >= 4 is 44.8 Å². The molecule has 0 radical (unpaired) electrons. The molecule has 4 nitrogen and oxygen atoms in total. The van der Waals surface area contributed by atoms with Crippen LogP contribution in [0.5, 0.6) is 5.75 Å². The number of fused-ring (bicyclic) bond motifs is 1. The first-order chi connectivity index (χ1) is 16.7. The van der Waals surface area contributed by atoms with Crippen LogP contribution >= 0.6 is 11.3 Å². The van der Waals surface area contributed by atoms with E-state index in [1.165, 1.54) is 16.7 Å². The van der Waals surface area contributed by atoms with Crippen LogP contribution in [-0.4, -0.2) is 18.0 Å². The minimum Gasteiger partial charge on any atom is -0.497 e. The molecule has 0 bridgehead atoms. The van der Waals surface area contributed by atoms with E-state index < -0.39 is 0 Å². The number of amides is 1. The SMILES string of the molecule is COc1ccc(/C=C(/C(=O)Nc2nc(-c3ccc4ccccc4c3)cs2)c2ccccc2)cc1. The average Bonchev–Trinajstić information content (AvgIpc) is 3.36. The third-order valence-corrected chi connectivity index (χ3v) is 6.28. The fraction of sp³-hybridized carbons (Fsp3) is 0.0345. The van der Waals surface area contributed by atoms with Gasteiger partial charge in [0.2, 0.25) is 0 Å². The van der Waals surface area contributed by atoms with Gasteiger partial charge < -0.3 is 4.74 Å². The van der Waals surface area contributed by atoms with Gasteiger partial charge in [-0.15, -0.1) is 11.3 Å². The fourth-order valence-corrected chi connectivity index (χ4v) is 4.46. The molecule has 5 aromatic rings. The molecule has 0 saturated heterocycles. The summed E-state index contributed by atoms with van der Waals surface area (Å²) in [6.07, 6.45) is 1.88. The molecule has 1 heterocycles. The number of benzene rings is 4. The second-order valence-electron chi connectivity index (χ2n) is 7.75. The molecule has 0 aliphatic heterocycles. The molecule has 166 valence electrons. The smallest absolute Gasteiger partial charge is 0.258 e. The molecule has 0 aliphatic carbocycles. The van der Waals surface area contributed by atoms with Crippen LogP contribution in [0.2, 0.25) is 0 Å². The van der Waals surface area contributed by atoms with E-state index in [0.29, 0.717) is 10.7 Å². The summed E-state index contributed by atoms with van der Waals surface area (Å²) >= 11 is 1.42. The maximum atomic E-state index is 13.3. The number of thiazole rings is 1. The zero-order valence-corrected chi connectivity index (χ0v) is 19.4. The summed E-state index contributed by atoms with van der Waals surface area (Å²) in [5.74, 6) is 0.563. The number of carbonyl (C=O) groups is 1. The zero-order chi connectivity index (χ0) is 23.3. The molecule has 4 aromatic carbocycles. The van der Waals surface area contributed by atoms with Gasteiger partial charge in [0.15, 0.2) is 5.13 Å². The van der Waals surface area contributed by atoms with Gasteiger partial charge in [-0.25, -0.2) is 4.98 Å². The molecular weight excluding hydrogens is 440 g/mol. The van der Waals surface area contributed by atoms with Gasteiger partial charge in [0.25, 0.3) is 5.91 Å². The third-order valence-electron chi connectivity index (χ3n) is 5.53. The molecule has 0 atom stereocenters. The van der Waals surface area contributed by atoms with Crippen molar-refractivity contribution in [2.24, 2.45) is 0 Å². The zero-order valence-electron chi connectivity index (χ0n) is 18.6. The number of aromatic nitrogens is 1. The highest BCUT2D eigenvalue weighted by atomic mass is 32.1. The van der Waals surface area contributed by atoms with Crippen molar-refractivity contribution in [3.8, 4) is 17.0 Å². The first kappa shape index (κ1) is 21.6. The Kier molecular flexibility index (Phi) is 6.19. The van der Waals surface area contributed by atoms with E-state index in [1.54, 1.807) is 7.11 Å². The highest BCUT2D eigenvalue weighted by molar-refractivity contribution is 7.14. The van der Waals surface area contributed by atoms with Crippen LogP contribution in [0.1, 0.15) is 11.1 Å². The lowest BCUT2D eigenvalue weighted by Gasteiger charge is -2.08. The molecule has 0 aliphatic rings. The van der Waals surface area contributed by atoms with Crippen LogP contribution in [0.25, 0.3) is 33.7 Å². The van der Waals surface area contributed by atoms with Gasteiger partial charge in [-0.1, -0.05) is 78.9 Å². The molecule has 1 aromatic heterocycles. The van der Waals surface area contributed by atoms with Gasteiger partial charge in [0, 0.05) is 16.5 Å². The monoisotopic (exact) mass is 462 g/mol. The topological polar surface area (TPSA) is 51.2 Å². The lowest BCUT2D eigenvalue weighted by molar-refractivity contribution is -0.111. The number of nitrogens with one attached hydrogen (secondary N) is 1. The highest BCUT2D eigenvalue weighted by Gasteiger charge is 2.15. The largest absolute Gasteiger partial charge is 0.497 e. The number of hydrogen-bond donors (Lipinski definition) is 1. The van der Waals surface area contributed by atoms with Crippen LogP contribution in [0, 0.1) is 0 Å². The minimum atomic E-state index is -0.207. The average molecular weight is 463 g/mol. The maximum absolute atomic E-state index is 13.3. The number of hydrogen-bond acceptors (Lipinski definition) is 4. The Hall–Kier alpha value is -4.22. The van der Waals surface area contributed by atoms with Crippen molar-refractivity contribution in [2.75, 3.05) is 12.4 Å². The second-order valence-corrected chi connectivity index (χ2v) is 8.61. The standard InChI is InChI=1S/C29H22N2O2S/c1-33-25-15-11-20(12-16-25)17-26(22-8-3-2-4-9-22)28(32)31-29-30-27(19-34-29)24-14-13-21-7-5-6-10-23(21)18-24/h2-19H,1H3,(H,30,31,32)/b26-17+. The predicted molar refractivity (Wildman–Crippen MR) is 141 cm³/mol. The summed E-state index contributed by atoms with van der Waals surface area (Å²) in [4.78, 5) is 18.0. The molecule has 0 spiro atoms. The Bertz CT molecular complexity index is 1470. The molecule has 1 amide bonds. The Morgan fingerprint density at radius 2 is 1.62 bits per heavy atom. The van der Waals surface area contributed by atoms with E-state index >= 15 is 0 Å². The third kappa shape index (κ3) is 4.75. The van der Waals surface area contributed by atoms with Crippen LogP contribution in [0.4, 0.5) is 5.13 Å². The number of carbonyl (C=O) groups excluding carboxylic acids is 1. The summed E-state index contributed by atoms with van der Waals surface area (Å²) in [5.41, 5.74) is 4.17. The van der Waals surface area contributed by atoms with Crippen LogP contribution in [0.15, 0.2) is 102 Å². The van der Waals surface area contributed by atoms with E-state index in [0.717, 1.165) is 33.5 Å². The normalized spacial score (nSPS) is 11.4. The first-order valence-corrected chi connectivity index (χ1v) is 11.7. The van der Waals surface area contributed by atoms with E-state index in [-0.39, 0.29) is 5.91 Å². The highest BCUT2D eigenvalue weighted by Crippen LogP contribution is 2.29. The lowest BCUT2D eigenvalue weighted by atomic mass is 10.0. The Morgan fingerprint density at radius 1 is 0.882 bits per heavy atom. The van der Waals surface area contributed by atoms with Crippen molar-refractivity contribution in [2.45, 2.75) is 0 Å². The number of rotatable bonds is 6. The van der Waals surface area contributed by atoms with Gasteiger partial charge in [-0.2, -0.15) is 0 Å². The van der Waals surface area contributed by atoms with Crippen LogP contribution in [-0.2, 0) is 4.79 Å². The van der Waals surface area contributed by atoms with Gasteiger partial charge in [0.05, 0.1) is 12.8 Å². The van der Waals surface area contributed by atoms with Gasteiger partial charge in [-0.05, 0) is 46.2 Å². The molecule has 5 heteroatoms. The predicted octanol–water partition coefficient (Wildman–Crippen LogP) is 7.15. The molecule has 0 unspecified atom stereocenters. The number of ether oxygens (including phenoxy) is 1. The molecule has 5 rings (SSSR count). The van der Waals surface area contributed by atoms with Crippen molar-refractivity contribution in [1.29, 1.82) is 0 Å². The summed E-state index contributed by atoms with van der Waals surface area (Å²) in [7, 11) is 1.63. The summed E-state index contributed by atoms with van der Waals surface area (Å²) < 4.78 is 5.24. The van der Waals surface area contributed by atoms with E-state index in [4.69, 9.17) is 4.74 Å². The summed E-state index contributed by atoms with van der Waals surface area (Å²) in [5, 5.41) is 7.86. The Morgan fingerprint density at radius 3 is 2.38 bits per heavy atom. The first-order valence-electron chi connectivity index (χ1n) is 10.9. The van der Waals surface area contributed by atoms with E-state index in [1.807, 2.05) is 78.2 Å². The van der Waals surface area contributed by atoms with E-state index in [2.05, 4.69) is 40.6 Å². The Balaban J connectivity index is 1.42. The van der Waals surface area contributed by atoms with Crippen molar-refractivity contribution in [3.05, 3.63) is 114 Å². The Labute approximate surface area is 202 Å². The number of anilines is 1. The van der Waals surface area contributed by atoms with Gasteiger partial charge >= 0.3 is 0 Å². The maximum Gasteiger partial charge on any atom is 0.258 e. The minimum absolute atomic E-state index is 0.207. The number of nitrogens with zero attached hydrogens (tertiary/aromatic N) is 1. The van der Waals surface area contributed by atoms with Crippen molar-refractivity contribution in [3.63, 3.8) is 0 Å². The van der Waals surface area contributed by atoms with Crippen molar-refractivity contribution in [1.82, 2.24) is 4.98 Å². The summed E-state index contributed by atoms with van der Waals surface area (Å²) in [6, 6.07) is 31.7. The van der Waals surface area contributed by atoms with Crippen molar-refractivity contribution < 1.29 is 9.53 Å². The molecule has 34 heavy (non-hydrogen) atoms. The summed E-state index contributed by atoms with van der Waals surface area (Å²) in [6.45, 7) is 0. The number of methoxy groups -OCH3 is 1. The quantitative estimate of drug-likeness (QED) is 0.215. The lowest BCUT2D eigenvalue weighted by Crippen LogP contribution is -2.13. The molecule has 0 fully saturated rings. The molecular formula is C29H22N2O2S. The van der Waals surface area contributed by atoms with Crippen LogP contribution in [0.3, 0.4) is 0 Å². The van der Waals surface area contributed by atoms with Gasteiger partial charge in [0.1, 0.15) is 5.75 Å². The van der Waals surface area contributed by atoms with Crippen LogP contribution < -0.4 is 10.1 Å².